The maximum absolute atomic E-state index is 11.9. The van der Waals surface area contributed by atoms with Gasteiger partial charge in [-0.25, -0.2) is 4.79 Å². The van der Waals surface area contributed by atoms with E-state index < -0.39 is 23.2 Å². The molecule has 0 spiro atoms. The fourth-order valence-corrected chi connectivity index (χ4v) is 2.36. The van der Waals surface area contributed by atoms with Gasteiger partial charge in [0.15, 0.2) is 0 Å². The van der Waals surface area contributed by atoms with E-state index in [1.807, 2.05) is 0 Å². The summed E-state index contributed by atoms with van der Waals surface area (Å²) in [6, 6.07) is 0. The number of ether oxygens (including phenoxy) is 2. The maximum atomic E-state index is 11.9. The molecule has 1 heterocycles. The van der Waals surface area contributed by atoms with Gasteiger partial charge in [0.05, 0.1) is 18.1 Å². The molecule has 1 aliphatic rings. The highest BCUT2D eigenvalue weighted by Gasteiger charge is 2.35. The molecule has 1 saturated heterocycles. The average molecular weight is 287 g/mol. The standard InChI is InChI=1S/C14H25NO5/c1-13(2,3)20-12(18)15-14(4,9-11(16)17)8-10-6-5-7-19-10/h10H,5-9H2,1-4H3,(H,15,18)(H,16,17). The van der Waals surface area contributed by atoms with Gasteiger partial charge in [-0.05, 0) is 47.0 Å². The molecule has 0 saturated carbocycles. The first-order valence-corrected chi connectivity index (χ1v) is 6.94. The number of carbonyl (C=O) groups excluding carboxylic acids is 1. The number of carboxylic acid groups (broad SMARTS) is 1. The lowest BCUT2D eigenvalue weighted by molar-refractivity contribution is -0.138. The van der Waals surface area contributed by atoms with Crippen LogP contribution in [0.2, 0.25) is 0 Å². The van der Waals surface area contributed by atoms with Crippen molar-refractivity contribution in [3.05, 3.63) is 0 Å². The van der Waals surface area contributed by atoms with Crippen LogP contribution in [0.25, 0.3) is 0 Å². The number of hydrogen-bond acceptors (Lipinski definition) is 4. The molecule has 1 rings (SSSR count). The van der Waals surface area contributed by atoms with Crippen molar-refractivity contribution in [2.45, 2.75) is 70.6 Å². The minimum Gasteiger partial charge on any atom is -0.481 e. The first-order chi connectivity index (χ1) is 9.10. The lowest BCUT2D eigenvalue weighted by Gasteiger charge is -2.32. The predicted octanol–water partition coefficient (Wildman–Crippen LogP) is 2.31. The second kappa shape index (κ2) is 6.43. The Morgan fingerprint density at radius 3 is 2.45 bits per heavy atom. The number of carboxylic acids is 1. The largest absolute Gasteiger partial charge is 0.481 e. The predicted molar refractivity (Wildman–Crippen MR) is 73.6 cm³/mol. The van der Waals surface area contributed by atoms with E-state index in [0.717, 1.165) is 12.8 Å². The van der Waals surface area contributed by atoms with Crippen LogP contribution in [0.4, 0.5) is 4.79 Å². The molecular weight excluding hydrogens is 262 g/mol. The Balaban J connectivity index is 2.66. The van der Waals surface area contributed by atoms with E-state index in [1.54, 1.807) is 27.7 Å². The van der Waals surface area contributed by atoms with Gasteiger partial charge < -0.3 is 19.9 Å². The zero-order valence-electron chi connectivity index (χ0n) is 12.7. The zero-order chi connectivity index (χ0) is 15.4. The van der Waals surface area contributed by atoms with Gasteiger partial charge in [0.25, 0.3) is 0 Å². The Morgan fingerprint density at radius 1 is 1.35 bits per heavy atom. The van der Waals surface area contributed by atoms with Gasteiger partial charge in [0, 0.05) is 6.61 Å². The molecule has 20 heavy (non-hydrogen) atoms. The maximum Gasteiger partial charge on any atom is 0.408 e. The summed E-state index contributed by atoms with van der Waals surface area (Å²) in [6.45, 7) is 7.70. The Kier molecular flexibility index (Phi) is 5.39. The van der Waals surface area contributed by atoms with Crippen LogP contribution in [0.1, 0.15) is 53.4 Å². The van der Waals surface area contributed by atoms with Gasteiger partial charge in [-0.1, -0.05) is 0 Å². The number of aliphatic carboxylic acids is 1. The summed E-state index contributed by atoms with van der Waals surface area (Å²) in [5.41, 5.74) is -1.48. The SMILES string of the molecule is CC(CC(=O)O)(CC1CCCO1)NC(=O)OC(C)(C)C. The number of alkyl carbamates (subject to hydrolysis) is 1. The van der Waals surface area contributed by atoms with Gasteiger partial charge in [-0.3, -0.25) is 4.79 Å². The molecule has 0 aromatic carbocycles. The molecule has 116 valence electrons. The second-order valence-electron chi connectivity index (χ2n) is 6.60. The third kappa shape index (κ3) is 6.23. The number of nitrogens with one attached hydrogen (secondary N) is 1. The molecule has 0 aromatic rings. The van der Waals surface area contributed by atoms with E-state index >= 15 is 0 Å². The van der Waals surface area contributed by atoms with Crippen LogP contribution in [0, 0.1) is 0 Å². The Hall–Kier alpha value is -1.30. The first kappa shape index (κ1) is 16.8. The third-order valence-electron chi connectivity index (χ3n) is 3.05. The summed E-state index contributed by atoms with van der Waals surface area (Å²) in [6.07, 6.45) is 1.57. The monoisotopic (exact) mass is 287 g/mol. The van der Waals surface area contributed by atoms with Gasteiger partial charge in [0.1, 0.15) is 5.60 Å². The van der Waals surface area contributed by atoms with Crippen LogP contribution < -0.4 is 5.32 Å². The topological polar surface area (TPSA) is 84.9 Å². The molecular formula is C14H25NO5. The van der Waals surface area contributed by atoms with Crippen molar-refractivity contribution in [3.63, 3.8) is 0 Å². The molecule has 6 nitrogen and oxygen atoms in total. The summed E-state index contributed by atoms with van der Waals surface area (Å²) in [5.74, 6) is -0.957. The highest BCUT2D eigenvalue weighted by molar-refractivity contribution is 5.72. The van der Waals surface area contributed by atoms with E-state index in [1.165, 1.54) is 0 Å². The van der Waals surface area contributed by atoms with Gasteiger partial charge in [0.2, 0.25) is 0 Å². The molecule has 1 fully saturated rings. The quantitative estimate of drug-likeness (QED) is 0.810. The minimum absolute atomic E-state index is 0.00529. The summed E-state index contributed by atoms with van der Waals surface area (Å²) in [4.78, 5) is 22.9. The van der Waals surface area contributed by atoms with Crippen molar-refractivity contribution in [2.24, 2.45) is 0 Å². The fraction of sp³-hybridized carbons (Fsp3) is 0.857. The van der Waals surface area contributed by atoms with Crippen molar-refractivity contribution in [1.82, 2.24) is 5.32 Å². The van der Waals surface area contributed by atoms with E-state index in [0.29, 0.717) is 13.0 Å². The van der Waals surface area contributed by atoms with Gasteiger partial charge >= 0.3 is 12.1 Å². The summed E-state index contributed by atoms with van der Waals surface area (Å²) < 4.78 is 10.7. The van der Waals surface area contributed by atoms with E-state index in [4.69, 9.17) is 14.6 Å². The van der Waals surface area contributed by atoms with E-state index in [2.05, 4.69) is 5.32 Å². The van der Waals surface area contributed by atoms with Crippen molar-refractivity contribution in [1.29, 1.82) is 0 Å². The van der Waals surface area contributed by atoms with Gasteiger partial charge in [-0.2, -0.15) is 0 Å². The van der Waals surface area contributed by atoms with Crippen LogP contribution >= 0.6 is 0 Å². The average Bonchev–Trinajstić information content (AvgIpc) is 2.63. The van der Waals surface area contributed by atoms with Crippen LogP contribution in [0.3, 0.4) is 0 Å². The molecule has 6 heteroatoms. The van der Waals surface area contributed by atoms with Crippen LogP contribution in [-0.2, 0) is 14.3 Å². The zero-order valence-corrected chi connectivity index (χ0v) is 12.7. The van der Waals surface area contributed by atoms with E-state index in [9.17, 15) is 9.59 Å². The number of hydrogen-bond donors (Lipinski definition) is 2. The highest BCUT2D eigenvalue weighted by atomic mass is 16.6. The van der Waals surface area contributed by atoms with E-state index in [-0.39, 0.29) is 12.5 Å². The summed E-state index contributed by atoms with van der Waals surface area (Å²) in [5, 5.41) is 11.7. The van der Waals surface area contributed by atoms with Crippen molar-refractivity contribution < 1.29 is 24.2 Å². The second-order valence-corrected chi connectivity index (χ2v) is 6.60. The lowest BCUT2D eigenvalue weighted by Crippen LogP contribution is -2.50. The van der Waals surface area contributed by atoms with Crippen molar-refractivity contribution in [2.75, 3.05) is 6.61 Å². The van der Waals surface area contributed by atoms with Gasteiger partial charge in [-0.15, -0.1) is 0 Å². The highest BCUT2D eigenvalue weighted by Crippen LogP contribution is 2.25. The minimum atomic E-state index is -0.957. The molecule has 2 atom stereocenters. The molecule has 0 aromatic heterocycles. The van der Waals surface area contributed by atoms with Crippen molar-refractivity contribution in [3.8, 4) is 0 Å². The molecule has 0 radical (unpaired) electrons. The number of amides is 1. The number of carbonyl (C=O) groups is 2. The normalized spacial score (nSPS) is 22.1. The van der Waals surface area contributed by atoms with Crippen LogP contribution in [-0.4, -0.2) is 41.0 Å². The summed E-state index contributed by atoms with van der Waals surface area (Å²) >= 11 is 0. The molecule has 2 N–H and O–H groups in total. The molecule has 0 aliphatic carbocycles. The van der Waals surface area contributed by atoms with Crippen LogP contribution in [0.15, 0.2) is 0 Å². The number of rotatable bonds is 5. The summed E-state index contributed by atoms with van der Waals surface area (Å²) in [7, 11) is 0. The molecule has 2 unspecified atom stereocenters. The lowest BCUT2D eigenvalue weighted by atomic mass is 9.90. The Bertz CT molecular complexity index is 357. The smallest absolute Gasteiger partial charge is 0.408 e. The fourth-order valence-electron chi connectivity index (χ4n) is 2.36. The Labute approximate surface area is 119 Å². The molecule has 1 aliphatic heterocycles. The molecule has 1 amide bonds. The third-order valence-corrected chi connectivity index (χ3v) is 3.05. The molecule has 0 bridgehead atoms. The Morgan fingerprint density at radius 2 is 2.00 bits per heavy atom. The van der Waals surface area contributed by atoms with Crippen molar-refractivity contribution >= 4 is 12.1 Å². The van der Waals surface area contributed by atoms with Crippen LogP contribution in [0.5, 0.6) is 0 Å². The first-order valence-electron chi connectivity index (χ1n) is 6.94.